The van der Waals surface area contributed by atoms with E-state index in [1.807, 2.05) is 6.07 Å². The van der Waals surface area contributed by atoms with E-state index in [1.165, 1.54) is 12.1 Å². The summed E-state index contributed by atoms with van der Waals surface area (Å²) in [5.74, 6) is 0.496. The highest BCUT2D eigenvalue weighted by Gasteiger charge is 2.31. The van der Waals surface area contributed by atoms with Gasteiger partial charge in [0.25, 0.3) is 0 Å². The van der Waals surface area contributed by atoms with Crippen molar-refractivity contribution in [3.05, 3.63) is 72.1 Å². The lowest BCUT2D eigenvalue weighted by molar-refractivity contribution is -0.137. The number of fused-ring (bicyclic) bond motifs is 1. The molecule has 0 radical (unpaired) electrons. The van der Waals surface area contributed by atoms with Gasteiger partial charge < -0.3 is 15.6 Å². The van der Waals surface area contributed by atoms with Gasteiger partial charge in [-0.1, -0.05) is 0 Å². The molecular weight excluding hydrogens is 381 g/mol. The molecule has 0 atom stereocenters. The van der Waals surface area contributed by atoms with Gasteiger partial charge in [0.15, 0.2) is 0 Å². The van der Waals surface area contributed by atoms with E-state index in [-0.39, 0.29) is 11.5 Å². The average molecular weight is 394 g/mol. The number of hydrogen-bond acceptors (Lipinski definition) is 5. The maximum Gasteiger partial charge on any atom is 0.416 e. The largest absolute Gasteiger partial charge is 0.416 e. The number of aromatic nitrogens is 3. The van der Waals surface area contributed by atoms with E-state index in [0.717, 1.165) is 12.1 Å². The van der Waals surface area contributed by atoms with E-state index in [9.17, 15) is 13.2 Å². The molecule has 0 unspecified atom stereocenters. The van der Waals surface area contributed by atoms with Crippen LogP contribution in [0.3, 0.4) is 0 Å². The summed E-state index contributed by atoms with van der Waals surface area (Å²) in [5.41, 5.74) is 6.26. The first-order chi connectivity index (χ1) is 13.8. The third-order valence-electron chi connectivity index (χ3n) is 4.19. The van der Waals surface area contributed by atoms with Crippen LogP contribution in [0.15, 0.2) is 60.9 Å². The van der Waals surface area contributed by atoms with E-state index in [1.54, 1.807) is 41.2 Å². The fourth-order valence-electron chi connectivity index (χ4n) is 2.94. The van der Waals surface area contributed by atoms with Crippen LogP contribution in [0.2, 0.25) is 0 Å². The van der Waals surface area contributed by atoms with Gasteiger partial charge in [0.1, 0.15) is 5.82 Å². The SMILES string of the molecule is N#Cc1cc(N)cc(Nc2nc(-n3cccc3)c3ccc(C(F)(F)F)cc3n2)c1. The predicted octanol–water partition coefficient (Wildman–Crippen LogP) is 4.64. The van der Waals surface area contributed by atoms with Gasteiger partial charge in [-0.15, -0.1) is 0 Å². The number of nitrogen functional groups attached to an aromatic ring is 1. The van der Waals surface area contributed by atoms with Crippen LogP contribution in [0.1, 0.15) is 11.1 Å². The van der Waals surface area contributed by atoms with Crippen molar-refractivity contribution in [2.45, 2.75) is 6.18 Å². The smallest absolute Gasteiger partial charge is 0.399 e. The number of alkyl halides is 3. The number of nitriles is 1. The molecule has 2 aromatic carbocycles. The molecule has 0 amide bonds. The third-order valence-corrected chi connectivity index (χ3v) is 4.19. The zero-order valence-electron chi connectivity index (χ0n) is 14.8. The van der Waals surface area contributed by atoms with Gasteiger partial charge in [0.2, 0.25) is 5.95 Å². The maximum absolute atomic E-state index is 13.2. The number of nitrogens with one attached hydrogen (secondary N) is 1. The molecule has 0 aliphatic heterocycles. The Balaban J connectivity index is 1.88. The van der Waals surface area contributed by atoms with Gasteiger partial charge in [-0.05, 0) is 48.5 Å². The maximum atomic E-state index is 13.2. The number of nitrogens with zero attached hydrogens (tertiary/aromatic N) is 4. The van der Waals surface area contributed by atoms with Crippen LogP contribution in [-0.4, -0.2) is 14.5 Å². The lowest BCUT2D eigenvalue weighted by atomic mass is 10.1. The molecule has 144 valence electrons. The molecule has 0 saturated carbocycles. The van der Waals surface area contributed by atoms with Gasteiger partial charge in [-0.2, -0.15) is 23.4 Å². The fraction of sp³-hybridized carbons (Fsp3) is 0.0500. The van der Waals surface area contributed by atoms with Crippen molar-refractivity contribution >= 4 is 28.2 Å². The van der Waals surface area contributed by atoms with Gasteiger partial charge in [-0.3, -0.25) is 0 Å². The lowest BCUT2D eigenvalue weighted by Gasteiger charge is -2.13. The quantitative estimate of drug-likeness (QED) is 0.494. The van der Waals surface area contributed by atoms with Crippen LogP contribution in [0, 0.1) is 11.3 Å². The standard InChI is InChI=1S/C20H13F3N6/c21-20(22,23)13-3-4-16-17(9-13)27-19(28-18(16)29-5-1-2-6-29)26-15-8-12(11-24)7-14(25)10-15/h1-10H,25H2,(H,26,27,28). The monoisotopic (exact) mass is 394 g/mol. The molecule has 0 spiro atoms. The highest BCUT2D eigenvalue weighted by Crippen LogP contribution is 2.33. The minimum Gasteiger partial charge on any atom is -0.399 e. The molecule has 29 heavy (non-hydrogen) atoms. The summed E-state index contributed by atoms with van der Waals surface area (Å²) in [7, 11) is 0. The van der Waals surface area contributed by atoms with Gasteiger partial charge in [0.05, 0.1) is 22.7 Å². The number of benzene rings is 2. The summed E-state index contributed by atoms with van der Waals surface area (Å²) < 4.78 is 41.2. The van der Waals surface area contributed by atoms with Gasteiger partial charge in [0, 0.05) is 29.2 Å². The number of hydrogen-bond donors (Lipinski definition) is 2. The summed E-state index contributed by atoms with van der Waals surface area (Å²) in [5, 5.41) is 12.5. The minimum atomic E-state index is -4.49. The van der Waals surface area contributed by atoms with Gasteiger partial charge in [-0.25, -0.2) is 4.98 Å². The molecule has 0 aliphatic carbocycles. The highest BCUT2D eigenvalue weighted by molar-refractivity contribution is 5.87. The molecule has 0 fully saturated rings. The van der Waals surface area contributed by atoms with E-state index in [4.69, 9.17) is 11.0 Å². The Labute approximate surface area is 163 Å². The van der Waals surface area contributed by atoms with Crippen LogP contribution < -0.4 is 11.1 Å². The third kappa shape index (κ3) is 3.68. The summed E-state index contributed by atoms with van der Waals surface area (Å²) in [4.78, 5) is 8.69. The number of halogens is 3. The normalized spacial score (nSPS) is 11.4. The summed E-state index contributed by atoms with van der Waals surface area (Å²) in [6.45, 7) is 0. The van der Waals surface area contributed by atoms with Crippen LogP contribution in [0.4, 0.5) is 30.5 Å². The Morgan fingerprint density at radius 2 is 1.79 bits per heavy atom. The van der Waals surface area contributed by atoms with Crippen LogP contribution in [0.25, 0.3) is 16.7 Å². The molecule has 4 aromatic rings. The Hall–Kier alpha value is -4.06. The zero-order valence-corrected chi connectivity index (χ0v) is 14.8. The topological polar surface area (TPSA) is 92.5 Å². The van der Waals surface area contributed by atoms with E-state index < -0.39 is 11.7 Å². The van der Waals surface area contributed by atoms with Crippen molar-refractivity contribution in [3.8, 4) is 11.9 Å². The van der Waals surface area contributed by atoms with Crippen LogP contribution >= 0.6 is 0 Å². The Morgan fingerprint density at radius 1 is 1.03 bits per heavy atom. The molecule has 6 nitrogen and oxygen atoms in total. The van der Waals surface area contributed by atoms with Crippen LogP contribution in [-0.2, 0) is 6.18 Å². The Morgan fingerprint density at radius 3 is 2.48 bits per heavy atom. The highest BCUT2D eigenvalue weighted by atomic mass is 19.4. The van der Waals surface area contributed by atoms with Crippen molar-refractivity contribution in [1.29, 1.82) is 5.26 Å². The van der Waals surface area contributed by atoms with Crippen molar-refractivity contribution in [2.24, 2.45) is 0 Å². The number of anilines is 3. The molecule has 0 saturated heterocycles. The summed E-state index contributed by atoms with van der Waals surface area (Å²) in [6.07, 6.45) is -1.02. The predicted molar refractivity (Wildman–Crippen MR) is 103 cm³/mol. The molecular formula is C20H13F3N6. The van der Waals surface area contributed by atoms with Gasteiger partial charge >= 0.3 is 6.18 Å². The van der Waals surface area contributed by atoms with Crippen molar-refractivity contribution in [1.82, 2.24) is 14.5 Å². The first kappa shape index (κ1) is 18.3. The first-order valence-corrected chi connectivity index (χ1v) is 8.43. The lowest BCUT2D eigenvalue weighted by Crippen LogP contribution is -2.07. The van der Waals surface area contributed by atoms with E-state index in [2.05, 4.69) is 15.3 Å². The molecule has 2 heterocycles. The van der Waals surface area contributed by atoms with Crippen molar-refractivity contribution < 1.29 is 13.2 Å². The van der Waals surface area contributed by atoms with E-state index in [0.29, 0.717) is 28.1 Å². The fourth-order valence-corrected chi connectivity index (χ4v) is 2.94. The Bertz CT molecular complexity index is 1240. The summed E-state index contributed by atoms with van der Waals surface area (Å²) in [6, 6.07) is 13.5. The molecule has 4 rings (SSSR count). The average Bonchev–Trinajstić information content (AvgIpc) is 3.20. The number of rotatable bonds is 3. The zero-order chi connectivity index (χ0) is 20.6. The summed E-state index contributed by atoms with van der Waals surface area (Å²) >= 11 is 0. The second-order valence-electron chi connectivity index (χ2n) is 6.27. The van der Waals surface area contributed by atoms with Crippen molar-refractivity contribution in [2.75, 3.05) is 11.1 Å². The molecule has 0 bridgehead atoms. The minimum absolute atomic E-state index is 0.0787. The molecule has 0 aliphatic rings. The Kier molecular flexibility index (Phi) is 4.31. The molecule has 9 heteroatoms. The van der Waals surface area contributed by atoms with Crippen LogP contribution in [0.5, 0.6) is 0 Å². The molecule has 2 aromatic heterocycles. The second kappa shape index (κ2) is 6.83. The van der Waals surface area contributed by atoms with E-state index >= 15 is 0 Å². The second-order valence-corrected chi connectivity index (χ2v) is 6.27. The number of nitrogens with two attached hydrogens (primary N) is 1. The van der Waals surface area contributed by atoms with Crippen molar-refractivity contribution in [3.63, 3.8) is 0 Å². The molecule has 3 N–H and O–H groups in total. The first-order valence-electron chi connectivity index (χ1n) is 8.43.